The van der Waals surface area contributed by atoms with E-state index < -0.39 is 0 Å². The molecule has 0 spiro atoms. The third kappa shape index (κ3) is 4.13. The number of benzene rings is 3. The Morgan fingerprint density at radius 1 is 0.833 bits per heavy atom. The molecule has 0 aliphatic carbocycles. The lowest BCUT2D eigenvalue weighted by atomic mass is 10.0. The zero-order valence-electron chi connectivity index (χ0n) is 13.6. The van der Waals surface area contributed by atoms with Gasteiger partial charge in [0.15, 0.2) is 0 Å². The van der Waals surface area contributed by atoms with E-state index in [0.717, 1.165) is 29.2 Å². The monoisotopic (exact) mass is 321 g/mol. The molecule has 3 heteroatoms. The first-order valence-corrected chi connectivity index (χ1v) is 8.09. The highest BCUT2D eigenvalue weighted by Crippen LogP contribution is 2.26. The van der Waals surface area contributed by atoms with Crippen LogP contribution in [0.2, 0.25) is 0 Å². The lowest BCUT2D eigenvalue weighted by Crippen LogP contribution is -2.09. The molecule has 122 valence electrons. The fourth-order valence-electron chi connectivity index (χ4n) is 2.56. The van der Waals surface area contributed by atoms with Gasteiger partial charge in [-0.2, -0.15) is 0 Å². The van der Waals surface area contributed by atoms with Gasteiger partial charge in [0.2, 0.25) is 0 Å². The molecule has 3 aromatic rings. The van der Waals surface area contributed by atoms with E-state index in [1.54, 1.807) is 0 Å². The number of para-hydroxylation sites is 1. The molecule has 1 unspecified atom stereocenters. The van der Waals surface area contributed by atoms with Crippen LogP contribution in [-0.2, 0) is 0 Å². The van der Waals surface area contributed by atoms with Crippen LogP contribution in [0.15, 0.2) is 78.9 Å². The van der Waals surface area contributed by atoms with Crippen LogP contribution < -0.4 is 10.1 Å². The van der Waals surface area contributed by atoms with Crippen molar-refractivity contribution in [3.05, 3.63) is 90.2 Å². The Kier molecular flexibility index (Phi) is 5.12. The Bertz CT molecular complexity index is 754. The second-order valence-corrected chi connectivity index (χ2v) is 5.60. The van der Waals surface area contributed by atoms with Gasteiger partial charge in [-0.25, -0.2) is 4.39 Å². The highest BCUT2D eigenvalue weighted by atomic mass is 19.1. The molecule has 0 aliphatic rings. The summed E-state index contributed by atoms with van der Waals surface area (Å²) in [6, 6.07) is 24.3. The van der Waals surface area contributed by atoms with Crippen molar-refractivity contribution < 1.29 is 9.13 Å². The van der Waals surface area contributed by atoms with E-state index in [2.05, 4.69) is 12.2 Å². The summed E-state index contributed by atoms with van der Waals surface area (Å²) < 4.78 is 18.9. The first-order valence-electron chi connectivity index (χ1n) is 8.09. The van der Waals surface area contributed by atoms with Gasteiger partial charge in [-0.3, -0.25) is 0 Å². The molecule has 2 nitrogen and oxygen atoms in total. The Morgan fingerprint density at radius 3 is 2.08 bits per heavy atom. The maximum Gasteiger partial charge on any atom is 0.127 e. The Hall–Kier alpha value is -2.81. The van der Waals surface area contributed by atoms with E-state index in [4.69, 9.17) is 4.74 Å². The van der Waals surface area contributed by atoms with Gasteiger partial charge >= 0.3 is 0 Å². The summed E-state index contributed by atoms with van der Waals surface area (Å²) in [7, 11) is 0. The van der Waals surface area contributed by atoms with Crippen molar-refractivity contribution in [2.75, 3.05) is 5.32 Å². The maximum absolute atomic E-state index is 13.1. The fourth-order valence-corrected chi connectivity index (χ4v) is 2.56. The zero-order valence-corrected chi connectivity index (χ0v) is 13.6. The molecular weight excluding hydrogens is 301 g/mol. The topological polar surface area (TPSA) is 21.3 Å². The van der Waals surface area contributed by atoms with Crippen molar-refractivity contribution in [1.29, 1.82) is 0 Å². The van der Waals surface area contributed by atoms with Crippen molar-refractivity contribution in [3.8, 4) is 11.5 Å². The summed E-state index contributed by atoms with van der Waals surface area (Å²) in [5.74, 6) is 1.40. The molecule has 0 heterocycles. The fraction of sp³-hybridized carbons (Fsp3) is 0.143. The van der Waals surface area contributed by atoms with Gasteiger partial charge in [0.1, 0.15) is 17.3 Å². The van der Waals surface area contributed by atoms with Crippen LogP contribution in [0.1, 0.15) is 24.9 Å². The highest BCUT2D eigenvalue weighted by molar-refractivity contribution is 5.49. The molecule has 0 radical (unpaired) electrons. The third-order valence-electron chi connectivity index (χ3n) is 3.85. The van der Waals surface area contributed by atoms with Gasteiger partial charge in [-0.05, 0) is 60.5 Å². The van der Waals surface area contributed by atoms with E-state index >= 15 is 0 Å². The lowest BCUT2D eigenvalue weighted by Gasteiger charge is -2.19. The van der Waals surface area contributed by atoms with Crippen molar-refractivity contribution >= 4 is 5.69 Å². The normalized spacial score (nSPS) is 11.8. The number of anilines is 1. The molecule has 0 aromatic heterocycles. The van der Waals surface area contributed by atoms with Gasteiger partial charge in [-0.15, -0.1) is 0 Å². The number of hydrogen-bond acceptors (Lipinski definition) is 2. The largest absolute Gasteiger partial charge is 0.457 e. The third-order valence-corrected chi connectivity index (χ3v) is 3.85. The Balaban J connectivity index is 1.67. The van der Waals surface area contributed by atoms with Crippen LogP contribution in [0.4, 0.5) is 10.1 Å². The van der Waals surface area contributed by atoms with Crippen molar-refractivity contribution in [2.24, 2.45) is 0 Å². The number of ether oxygens (including phenoxy) is 1. The Morgan fingerprint density at radius 2 is 1.46 bits per heavy atom. The summed E-state index contributed by atoms with van der Waals surface area (Å²) in [5, 5.41) is 3.48. The van der Waals surface area contributed by atoms with Crippen LogP contribution in [0.3, 0.4) is 0 Å². The van der Waals surface area contributed by atoms with Crippen LogP contribution >= 0.6 is 0 Å². The van der Waals surface area contributed by atoms with Crippen molar-refractivity contribution in [3.63, 3.8) is 0 Å². The summed E-state index contributed by atoms with van der Waals surface area (Å²) >= 11 is 0. The summed E-state index contributed by atoms with van der Waals surface area (Å²) in [5.41, 5.74) is 2.08. The molecule has 0 saturated carbocycles. The van der Waals surface area contributed by atoms with Gasteiger partial charge in [0.25, 0.3) is 0 Å². The number of nitrogens with one attached hydrogen (secondary N) is 1. The lowest BCUT2D eigenvalue weighted by molar-refractivity contribution is 0.483. The van der Waals surface area contributed by atoms with Gasteiger partial charge in [0.05, 0.1) is 6.04 Å². The minimum atomic E-state index is -0.212. The minimum absolute atomic E-state index is 0.145. The first-order chi connectivity index (χ1) is 11.7. The first kappa shape index (κ1) is 16.1. The van der Waals surface area contributed by atoms with Crippen molar-refractivity contribution in [2.45, 2.75) is 19.4 Å². The molecule has 3 aromatic carbocycles. The number of rotatable bonds is 6. The standard InChI is InChI=1S/C21H20FNO/c1-2-21(16-8-10-17(22)11-9-16)23-18-12-14-20(15-13-18)24-19-6-4-3-5-7-19/h3-15,21,23H,2H2,1H3. The second kappa shape index (κ2) is 7.64. The Labute approximate surface area is 141 Å². The summed E-state index contributed by atoms with van der Waals surface area (Å²) in [6.07, 6.45) is 0.911. The SMILES string of the molecule is CCC(Nc1ccc(Oc2ccccc2)cc1)c1ccc(F)cc1. The van der Waals surface area contributed by atoms with Crippen molar-refractivity contribution in [1.82, 2.24) is 0 Å². The second-order valence-electron chi connectivity index (χ2n) is 5.60. The number of halogens is 1. The van der Waals surface area contributed by atoms with Crippen LogP contribution in [-0.4, -0.2) is 0 Å². The maximum atomic E-state index is 13.1. The van der Waals surface area contributed by atoms with E-state index in [-0.39, 0.29) is 11.9 Å². The molecule has 0 saturated heterocycles. The van der Waals surface area contributed by atoms with E-state index in [1.165, 1.54) is 12.1 Å². The average Bonchev–Trinajstić information content (AvgIpc) is 2.63. The molecule has 0 fully saturated rings. The quantitative estimate of drug-likeness (QED) is 0.585. The molecule has 3 rings (SSSR count). The average molecular weight is 321 g/mol. The predicted molar refractivity (Wildman–Crippen MR) is 96.0 cm³/mol. The predicted octanol–water partition coefficient (Wildman–Crippen LogP) is 6.18. The zero-order chi connectivity index (χ0) is 16.8. The molecule has 0 aliphatic heterocycles. The highest BCUT2D eigenvalue weighted by Gasteiger charge is 2.09. The molecule has 1 N–H and O–H groups in total. The van der Waals surface area contributed by atoms with Crippen LogP contribution in [0.5, 0.6) is 11.5 Å². The molecule has 1 atom stereocenters. The van der Waals surface area contributed by atoms with Crippen LogP contribution in [0, 0.1) is 5.82 Å². The van der Waals surface area contributed by atoms with E-state index in [0.29, 0.717) is 0 Å². The van der Waals surface area contributed by atoms with Gasteiger partial charge in [0, 0.05) is 5.69 Å². The van der Waals surface area contributed by atoms with Gasteiger partial charge in [-0.1, -0.05) is 37.3 Å². The molecule has 0 amide bonds. The van der Waals surface area contributed by atoms with Gasteiger partial charge < -0.3 is 10.1 Å². The summed E-state index contributed by atoms with van der Waals surface area (Å²) in [4.78, 5) is 0. The smallest absolute Gasteiger partial charge is 0.127 e. The van der Waals surface area contributed by atoms with E-state index in [1.807, 2.05) is 66.7 Å². The van der Waals surface area contributed by atoms with E-state index in [9.17, 15) is 4.39 Å². The molecule has 24 heavy (non-hydrogen) atoms. The molecular formula is C21H20FNO. The number of hydrogen-bond donors (Lipinski definition) is 1. The summed E-state index contributed by atoms with van der Waals surface area (Å²) in [6.45, 7) is 2.11. The minimum Gasteiger partial charge on any atom is -0.457 e. The van der Waals surface area contributed by atoms with Crippen LogP contribution in [0.25, 0.3) is 0 Å². The molecule has 0 bridgehead atoms.